The zero-order chi connectivity index (χ0) is 22.0. The molecular formula is C25H24N4O2. The van der Waals surface area contributed by atoms with Gasteiger partial charge >= 0.3 is 0 Å². The summed E-state index contributed by atoms with van der Waals surface area (Å²) in [5.74, 6) is 0.596. The van der Waals surface area contributed by atoms with Crippen molar-refractivity contribution in [3.05, 3.63) is 71.2 Å². The molecule has 0 saturated heterocycles. The van der Waals surface area contributed by atoms with E-state index >= 15 is 0 Å². The van der Waals surface area contributed by atoms with Gasteiger partial charge in [0.2, 0.25) is 0 Å². The lowest BCUT2D eigenvalue weighted by Gasteiger charge is -2.18. The van der Waals surface area contributed by atoms with Gasteiger partial charge in [0.15, 0.2) is 0 Å². The summed E-state index contributed by atoms with van der Waals surface area (Å²) in [5.41, 5.74) is 6.35. The molecule has 1 aliphatic carbocycles. The largest absolute Gasteiger partial charge is 0.506 e. The number of benzene rings is 1. The quantitative estimate of drug-likeness (QED) is 0.632. The Labute approximate surface area is 181 Å². The number of aromatic hydroxyl groups is 1. The molecule has 0 spiro atoms. The van der Waals surface area contributed by atoms with Crippen LogP contribution in [0.25, 0.3) is 22.4 Å². The van der Waals surface area contributed by atoms with Crippen LogP contribution in [0.15, 0.2) is 60.0 Å². The third-order valence-electron chi connectivity index (χ3n) is 5.54. The number of ether oxygens (including phenoxy) is 1. The van der Waals surface area contributed by atoms with E-state index in [0.29, 0.717) is 40.3 Å². The van der Waals surface area contributed by atoms with Gasteiger partial charge in [-0.25, -0.2) is 0 Å². The lowest BCUT2D eigenvalue weighted by atomic mass is 9.98. The smallest absolute Gasteiger partial charge is 0.136 e. The van der Waals surface area contributed by atoms with Crippen LogP contribution in [0.2, 0.25) is 0 Å². The molecule has 6 heteroatoms. The number of hydrogen-bond donors (Lipinski definition) is 1. The van der Waals surface area contributed by atoms with Crippen LogP contribution in [0.5, 0.6) is 11.5 Å². The summed E-state index contributed by atoms with van der Waals surface area (Å²) in [6, 6.07) is 9.39. The summed E-state index contributed by atoms with van der Waals surface area (Å²) < 4.78 is 7.91. The van der Waals surface area contributed by atoms with Gasteiger partial charge in [-0.15, -0.1) is 0 Å². The Morgan fingerprint density at radius 3 is 2.68 bits per heavy atom. The summed E-state index contributed by atoms with van der Waals surface area (Å²) in [6.07, 6.45) is 9.32. The van der Waals surface area contributed by atoms with Crippen molar-refractivity contribution in [1.82, 2.24) is 14.8 Å². The zero-order valence-electron chi connectivity index (χ0n) is 17.9. The van der Waals surface area contributed by atoms with Gasteiger partial charge in [0, 0.05) is 36.3 Å². The molecule has 6 nitrogen and oxygen atoms in total. The second-order valence-electron chi connectivity index (χ2n) is 7.83. The van der Waals surface area contributed by atoms with E-state index in [-0.39, 0.29) is 5.75 Å². The number of rotatable bonds is 5. The van der Waals surface area contributed by atoms with Crippen molar-refractivity contribution < 1.29 is 9.84 Å². The van der Waals surface area contributed by atoms with Crippen molar-refractivity contribution in [3.63, 3.8) is 0 Å². The van der Waals surface area contributed by atoms with Crippen LogP contribution < -0.4 is 4.74 Å². The normalized spacial score (nSPS) is 13.4. The van der Waals surface area contributed by atoms with E-state index in [0.717, 1.165) is 18.5 Å². The topological polar surface area (TPSA) is 84.0 Å². The monoisotopic (exact) mass is 412 g/mol. The molecule has 0 atom stereocenters. The molecule has 1 N–H and O–H groups in total. The Balaban J connectivity index is 1.78. The van der Waals surface area contributed by atoms with Crippen molar-refractivity contribution >= 4 is 0 Å². The van der Waals surface area contributed by atoms with Gasteiger partial charge in [0.25, 0.3) is 0 Å². The van der Waals surface area contributed by atoms with E-state index < -0.39 is 0 Å². The Kier molecular flexibility index (Phi) is 5.59. The van der Waals surface area contributed by atoms with Crippen LogP contribution in [0.4, 0.5) is 0 Å². The van der Waals surface area contributed by atoms with Crippen LogP contribution in [-0.4, -0.2) is 26.5 Å². The molecule has 0 fully saturated rings. The first-order valence-electron chi connectivity index (χ1n) is 10.2. The summed E-state index contributed by atoms with van der Waals surface area (Å²) in [4.78, 5) is 4.16. The molecule has 1 aromatic carbocycles. The van der Waals surface area contributed by atoms with Gasteiger partial charge in [-0.05, 0) is 56.5 Å². The minimum Gasteiger partial charge on any atom is -0.506 e. The predicted molar refractivity (Wildman–Crippen MR) is 120 cm³/mol. The lowest BCUT2D eigenvalue weighted by Crippen LogP contribution is -2.05. The molecule has 0 saturated carbocycles. The molecule has 1 aliphatic rings. The minimum absolute atomic E-state index is 0.0563. The van der Waals surface area contributed by atoms with E-state index in [1.165, 1.54) is 17.3 Å². The number of aromatic nitrogens is 3. The number of phenolic OH excluding ortho intramolecular Hbond substituents is 1. The second kappa shape index (κ2) is 8.49. The zero-order valence-corrected chi connectivity index (χ0v) is 17.9. The highest BCUT2D eigenvalue weighted by atomic mass is 16.5. The SMILES string of the molecule is CC1=CC=C(COc2ccc(-c3cc(C)n(C)n3)c(O)c2-c2cncc(C#N)c2)CC1. The number of allylic oxidation sites excluding steroid dienone is 3. The van der Waals surface area contributed by atoms with Gasteiger partial charge in [-0.1, -0.05) is 17.7 Å². The third kappa shape index (κ3) is 4.22. The first-order chi connectivity index (χ1) is 15.0. The highest BCUT2D eigenvalue weighted by molar-refractivity contribution is 5.85. The summed E-state index contributed by atoms with van der Waals surface area (Å²) in [6.45, 7) is 4.52. The van der Waals surface area contributed by atoms with E-state index in [9.17, 15) is 10.4 Å². The van der Waals surface area contributed by atoms with E-state index in [1.807, 2.05) is 32.2 Å². The average molecular weight is 412 g/mol. The molecule has 0 radical (unpaired) electrons. The van der Waals surface area contributed by atoms with E-state index in [4.69, 9.17) is 4.74 Å². The first kappa shape index (κ1) is 20.4. The highest BCUT2D eigenvalue weighted by Crippen LogP contribution is 2.44. The minimum atomic E-state index is 0.0563. The van der Waals surface area contributed by atoms with E-state index in [2.05, 4.69) is 35.2 Å². The van der Waals surface area contributed by atoms with Crippen LogP contribution in [0.1, 0.15) is 31.0 Å². The molecule has 0 unspecified atom stereocenters. The van der Waals surface area contributed by atoms with Gasteiger partial charge < -0.3 is 9.84 Å². The van der Waals surface area contributed by atoms with Crippen LogP contribution >= 0.6 is 0 Å². The molecule has 2 heterocycles. The Bertz CT molecular complexity index is 1230. The molecule has 0 bridgehead atoms. The fourth-order valence-corrected chi connectivity index (χ4v) is 3.58. The summed E-state index contributed by atoms with van der Waals surface area (Å²) in [7, 11) is 1.86. The Morgan fingerprint density at radius 1 is 1.16 bits per heavy atom. The summed E-state index contributed by atoms with van der Waals surface area (Å²) >= 11 is 0. The number of nitrogens with zero attached hydrogens (tertiary/aromatic N) is 4. The van der Waals surface area contributed by atoms with Crippen molar-refractivity contribution in [2.75, 3.05) is 6.61 Å². The fourth-order valence-electron chi connectivity index (χ4n) is 3.58. The lowest BCUT2D eigenvalue weighted by molar-refractivity contribution is 0.346. The van der Waals surface area contributed by atoms with Crippen molar-refractivity contribution in [2.45, 2.75) is 26.7 Å². The van der Waals surface area contributed by atoms with Gasteiger partial charge in [-0.2, -0.15) is 10.4 Å². The number of pyridine rings is 1. The highest BCUT2D eigenvalue weighted by Gasteiger charge is 2.20. The predicted octanol–water partition coefficient (Wildman–Crippen LogP) is 5.08. The van der Waals surface area contributed by atoms with Gasteiger partial charge in [-0.3, -0.25) is 9.67 Å². The summed E-state index contributed by atoms with van der Waals surface area (Å²) in [5, 5.41) is 25.0. The fraction of sp³-hybridized carbons (Fsp3) is 0.240. The maximum absolute atomic E-state index is 11.2. The molecule has 0 amide bonds. The number of hydrogen-bond acceptors (Lipinski definition) is 5. The van der Waals surface area contributed by atoms with Crippen molar-refractivity contribution in [2.24, 2.45) is 7.05 Å². The molecule has 0 aliphatic heterocycles. The van der Waals surface area contributed by atoms with Crippen molar-refractivity contribution in [1.29, 1.82) is 5.26 Å². The maximum Gasteiger partial charge on any atom is 0.136 e. The first-order valence-corrected chi connectivity index (χ1v) is 10.2. The maximum atomic E-state index is 11.2. The van der Waals surface area contributed by atoms with Crippen LogP contribution in [0, 0.1) is 18.3 Å². The number of aryl methyl sites for hydroxylation is 2. The third-order valence-corrected chi connectivity index (χ3v) is 5.54. The average Bonchev–Trinajstić information content (AvgIpc) is 3.11. The molecule has 156 valence electrons. The van der Waals surface area contributed by atoms with Gasteiger partial charge in [0.1, 0.15) is 24.2 Å². The molecule has 4 rings (SSSR count). The number of phenols is 1. The molecule has 31 heavy (non-hydrogen) atoms. The van der Waals surface area contributed by atoms with E-state index in [1.54, 1.807) is 16.9 Å². The second-order valence-corrected chi connectivity index (χ2v) is 7.83. The van der Waals surface area contributed by atoms with Crippen molar-refractivity contribution in [3.8, 4) is 40.0 Å². The standard InChI is InChI=1S/C25H24N4O2/c1-16-4-6-18(7-5-16)15-31-23-9-8-21(22-10-17(2)29(3)28-22)25(30)24(23)20-11-19(12-26)13-27-14-20/h4,6,8-11,13-14,30H,5,7,15H2,1-3H3. The Hall–Kier alpha value is -3.85. The number of nitriles is 1. The molecule has 2 aromatic heterocycles. The molecular weight excluding hydrogens is 388 g/mol. The van der Waals surface area contributed by atoms with Crippen LogP contribution in [-0.2, 0) is 7.05 Å². The molecule has 3 aromatic rings. The van der Waals surface area contributed by atoms with Crippen LogP contribution in [0.3, 0.4) is 0 Å². The van der Waals surface area contributed by atoms with Gasteiger partial charge in [0.05, 0.1) is 16.8 Å². The Morgan fingerprint density at radius 2 is 2.00 bits per heavy atom.